The van der Waals surface area contributed by atoms with Crippen molar-refractivity contribution in [1.82, 2.24) is 4.31 Å². The van der Waals surface area contributed by atoms with Crippen LogP contribution in [0.2, 0.25) is 0 Å². The normalized spacial score (nSPS) is 13.6. The molecular weight excluding hydrogens is 366 g/mol. The second-order valence-corrected chi connectivity index (χ2v) is 8.63. The van der Waals surface area contributed by atoms with Crippen molar-refractivity contribution < 1.29 is 22.6 Å². The SMILES string of the molecule is Cc1ccc(OCCCN(C)S(=O)(=O)c2ccc3c(c2)OCCO3)cc1C. The van der Waals surface area contributed by atoms with Gasteiger partial charge in [-0.25, -0.2) is 12.7 Å². The maximum absolute atomic E-state index is 12.8. The lowest BCUT2D eigenvalue weighted by atomic mass is 10.1. The fourth-order valence-corrected chi connectivity index (χ4v) is 3.99. The Labute approximate surface area is 160 Å². The monoisotopic (exact) mass is 391 g/mol. The van der Waals surface area contributed by atoms with Crippen LogP contribution in [0.3, 0.4) is 0 Å². The largest absolute Gasteiger partial charge is 0.494 e. The van der Waals surface area contributed by atoms with Crippen molar-refractivity contribution in [3.63, 3.8) is 0 Å². The number of sulfonamides is 1. The van der Waals surface area contributed by atoms with Crippen LogP contribution in [-0.4, -0.2) is 46.1 Å². The molecule has 6 nitrogen and oxygen atoms in total. The zero-order chi connectivity index (χ0) is 19.4. The van der Waals surface area contributed by atoms with E-state index in [-0.39, 0.29) is 4.90 Å². The summed E-state index contributed by atoms with van der Waals surface area (Å²) in [5.74, 6) is 1.84. The summed E-state index contributed by atoms with van der Waals surface area (Å²) in [6, 6.07) is 10.6. The van der Waals surface area contributed by atoms with Crippen LogP contribution in [0.5, 0.6) is 17.2 Å². The van der Waals surface area contributed by atoms with Crippen molar-refractivity contribution in [3.05, 3.63) is 47.5 Å². The molecule has 0 saturated heterocycles. The number of hydrogen-bond acceptors (Lipinski definition) is 5. The molecule has 1 heterocycles. The van der Waals surface area contributed by atoms with E-state index in [2.05, 4.69) is 6.92 Å². The molecule has 2 aromatic carbocycles. The molecular formula is C20H25NO5S. The maximum Gasteiger partial charge on any atom is 0.242 e. The minimum atomic E-state index is -3.59. The highest BCUT2D eigenvalue weighted by Gasteiger charge is 2.23. The van der Waals surface area contributed by atoms with Gasteiger partial charge in [-0.15, -0.1) is 0 Å². The molecule has 7 heteroatoms. The molecule has 0 aliphatic carbocycles. The fourth-order valence-electron chi connectivity index (χ4n) is 2.77. The first-order chi connectivity index (χ1) is 12.9. The van der Waals surface area contributed by atoms with E-state index in [0.717, 1.165) is 5.75 Å². The number of aryl methyl sites for hydroxylation is 2. The van der Waals surface area contributed by atoms with E-state index in [1.165, 1.54) is 21.5 Å². The number of hydrogen-bond donors (Lipinski definition) is 0. The van der Waals surface area contributed by atoms with Crippen LogP contribution in [0.1, 0.15) is 17.5 Å². The molecule has 27 heavy (non-hydrogen) atoms. The van der Waals surface area contributed by atoms with Gasteiger partial charge in [0, 0.05) is 19.7 Å². The second-order valence-electron chi connectivity index (χ2n) is 6.58. The molecule has 0 radical (unpaired) electrons. The van der Waals surface area contributed by atoms with Crippen molar-refractivity contribution in [2.75, 3.05) is 33.4 Å². The third-order valence-electron chi connectivity index (χ3n) is 4.59. The molecule has 0 fully saturated rings. The van der Waals surface area contributed by atoms with Crippen molar-refractivity contribution in [1.29, 1.82) is 0 Å². The highest BCUT2D eigenvalue weighted by atomic mass is 32.2. The van der Waals surface area contributed by atoms with Crippen LogP contribution in [-0.2, 0) is 10.0 Å². The summed E-state index contributed by atoms with van der Waals surface area (Å²) in [5, 5.41) is 0. The van der Waals surface area contributed by atoms with Crippen molar-refractivity contribution in [3.8, 4) is 17.2 Å². The second kappa shape index (κ2) is 8.19. The minimum Gasteiger partial charge on any atom is -0.494 e. The molecule has 0 amide bonds. The Bertz CT molecular complexity index is 911. The van der Waals surface area contributed by atoms with Gasteiger partial charge in [-0.1, -0.05) is 6.07 Å². The third kappa shape index (κ3) is 4.54. The molecule has 0 bridgehead atoms. The van der Waals surface area contributed by atoms with Crippen molar-refractivity contribution in [2.45, 2.75) is 25.2 Å². The Balaban J connectivity index is 1.56. The van der Waals surface area contributed by atoms with Gasteiger partial charge < -0.3 is 14.2 Å². The topological polar surface area (TPSA) is 65.1 Å². The van der Waals surface area contributed by atoms with Crippen LogP contribution in [0.4, 0.5) is 0 Å². The van der Waals surface area contributed by atoms with Gasteiger partial charge in [-0.05, 0) is 55.7 Å². The van der Waals surface area contributed by atoms with Gasteiger partial charge in [0.1, 0.15) is 19.0 Å². The summed E-state index contributed by atoms with van der Waals surface area (Å²) in [5.41, 5.74) is 2.39. The van der Waals surface area contributed by atoms with Crippen molar-refractivity contribution in [2.24, 2.45) is 0 Å². The van der Waals surface area contributed by atoms with Crippen LogP contribution in [0.25, 0.3) is 0 Å². The highest BCUT2D eigenvalue weighted by molar-refractivity contribution is 7.89. The third-order valence-corrected chi connectivity index (χ3v) is 6.44. The van der Waals surface area contributed by atoms with E-state index in [9.17, 15) is 8.42 Å². The summed E-state index contributed by atoms with van der Waals surface area (Å²) in [6.45, 7) is 5.79. The average Bonchev–Trinajstić information content (AvgIpc) is 2.67. The summed E-state index contributed by atoms with van der Waals surface area (Å²) in [6.07, 6.45) is 0.590. The highest BCUT2D eigenvalue weighted by Crippen LogP contribution is 2.33. The Morgan fingerprint density at radius 1 is 1.00 bits per heavy atom. The summed E-state index contributed by atoms with van der Waals surface area (Å²) >= 11 is 0. The van der Waals surface area contributed by atoms with E-state index >= 15 is 0 Å². The molecule has 3 rings (SSSR count). The molecule has 0 atom stereocenters. The van der Waals surface area contributed by atoms with E-state index in [1.54, 1.807) is 19.2 Å². The zero-order valence-electron chi connectivity index (χ0n) is 15.9. The quantitative estimate of drug-likeness (QED) is 0.679. The lowest BCUT2D eigenvalue weighted by Gasteiger charge is -2.21. The van der Waals surface area contributed by atoms with Gasteiger partial charge in [0.15, 0.2) is 11.5 Å². The Morgan fingerprint density at radius 3 is 2.48 bits per heavy atom. The van der Waals surface area contributed by atoms with E-state index < -0.39 is 10.0 Å². The smallest absolute Gasteiger partial charge is 0.242 e. The van der Waals surface area contributed by atoms with Crippen LogP contribution < -0.4 is 14.2 Å². The Kier molecular flexibility index (Phi) is 5.92. The van der Waals surface area contributed by atoms with Crippen LogP contribution in [0, 0.1) is 13.8 Å². The van der Waals surface area contributed by atoms with Gasteiger partial charge in [0.05, 0.1) is 11.5 Å². The lowest BCUT2D eigenvalue weighted by Crippen LogP contribution is -2.29. The maximum atomic E-state index is 12.8. The van der Waals surface area contributed by atoms with Crippen LogP contribution in [0.15, 0.2) is 41.3 Å². The summed E-state index contributed by atoms with van der Waals surface area (Å²) in [4.78, 5) is 0.198. The number of rotatable bonds is 7. The minimum absolute atomic E-state index is 0.198. The average molecular weight is 391 g/mol. The Morgan fingerprint density at radius 2 is 1.74 bits per heavy atom. The first kappa shape index (κ1) is 19.5. The summed E-state index contributed by atoms with van der Waals surface area (Å²) in [7, 11) is -2.02. The first-order valence-electron chi connectivity index (χ1n) is 8.94. The standard InChI is InChI=1S/C20H25NO5S/c1-15-5-6-17(13-16(15)2)24-10-4-9-21(3)27(22,23)18-7-8-19-20(14-18)26-12-11-25-19/h5-8,13-14H,4,9-12H2,1-3H3. The molecule has 0 spiro atoms. The number of fused-ring (bicyclic) bond motifs is 1. The molecule has 1 aliphatic heterocycles. The number of nitrogens with zero attached hydrogens (tertiary/aromatic N) is 1. The van der Waals surface area contributed by atoms with Crippen LogP contribution >= 0.6 is 0 Å². The van der Waals surface area contributed by atoms with E-state index in [4.69, 9.17) is 14.2 Å². The first-order valence-corrected chi connectivity index (χ1v) is 10.4. The van der Waals surface area contributed by atoms with Gasteiger partial charge in [-0.3, -0.25) is 0 Å². The molecule has 1 aliphatic rings. The van der Waals surface area contributed by atoms with Gasteiger partial charge in [0.25, 0.3) is 0 Å². The summed E-state index contributed by atoms with van der Waals surface area (Å²) < 4.78 is 43.5. The predicted octanol–water partition coefficient (Wildman–Crippen LogP) is 3.16. The zero-order valence-corrected chi connectivity index (χ0v) is 16.7. The number of benzene rings is 2. The molecule has 0 N–H and O–H groups in total. The van der Waals surface area contributed by atoms with Gasteiger partial charge in [-0.2, -0.15) is 0 Å². The fraction of sp³-hybridized carbons (Fsp3) is 0.400. The van der Waals surface area contributed by atoms with E-state index in [1.807, 2.05) is 25.1 Å². The van der Waals surface area contributed by atoms with Crippen molar-refractivity contribution >= 4 is 10.0 Å². The predicted molar refractivity (Wildman–Crippen MR) is 103 cm³/mol. The molecule has 0 aromatic heterocycles. The molecule has 0 saturated carbocycles. The van der Waals surface area contributed by atoms with Gasteiger partial charge in [0.2, 0.25) is 10.0 Å². The van der Waals surface area contributed by atoms with Gasteiger partial charge >= 0.3 is 0 Å². The number of ether oxygens (including phenoxy) is 3. The Hall–Kier alpha value is -2.25. The molecule has 146 valence electrons. The molecule has 2 aromatic rings. The molecule has 0 unspecified atom stereocenters. The van der Waals surface area contributed by atoms with E-state index in [0.29, 0.717) is 44.3 Å². The lowest BCUT2D eigenvalue weighted by molar-refractivity contribution is 0.171.